The van der Waals surface area contributed by atoms with E-state index in [1.165, 1.54) is 12.7 Å². The second-order valence-corrected chi connectivity index (χ2v) is 5.84. The topological polar surface area (TPSA) is 12.0 Å². The highest BCUT2D eigenvalue weighted by Gasteiger charge is 2.22. The second-order valence-electron chi connectivity index (χ2n) is 3.16. The Balaban J connectivity index is 2.19. The molecule has 64 valence electrons. The van der Waals surface area contributed by atoms with Gasteiger partial charge in [-0.2, -0.15) is 0 Å². The summed E-state index contributed by atoms with van der Waals surface area (Å²) >= 11 is 0. The van der Waals surface area contributed by atoms with Gasteiger partial charge < -0.3 is 5.32 Å². The van der Waals surface area contributed by atoms with Crippen LogP contribution in [0.4, 0.5) is 0 Å². The molecule has 0 aromatic heterocycles. The maximum absolute atomic E-state index is 3.50. The summed E-state index contributed by atoms with van der Waals surface area (Å²) in [6.45, 7) is 3.49. The minimum absolute atomic E-state index is 0.0874. The normalized spacial score (nSPS) is 29.1. The molecule has 2 heteroatoms. The van der Waals surface area contributed by atoms with Crippen molar-refractivity contribution < 1.29 is 0 Å². The number of hydrogen-bond donors (Lipinski definition) is 1. The number of nitrogens with one attached hydrogen (secondary N) is 1. The van der Waals surface area contributed by atoms with Crippen LogP contribution in [-0.2, 0) is 0 Å². The van der Waals surface area contributed by atoms with Gasteiger partial charge in [-0.3, -0.25) is 0 Å². The van der Waals surface area contributed by atoms with Gasteiger partial charge in [0.05, 0.1) is 0 Å². The van der Waals surface area contributed by atoms with Crippen LogP contribution in [0.15, 0.2) is 30.3 Å². The fourth-order valence-electron chi connectivity index (χ4n) is 1.67. The Hall–Kier alpha value is -0.390. The number of benzene rings is 1. The Morgan fingerprint density at radius 3 is 2.67 bits per heavy atom. The van der Waals surface area contributed by atoms with Crippen molar-refractivity contribution in [3.05, 3.63) is 30.3 Å². The van der Waals surface area contributed by atoms with Gasteiger partial charge in [0.15, 0.2) is 0 Å². The molecule has 1 aliphatic heterocycles. The fraction of sp³-hybridized carbons (Fsp3) is 0.400. The van der Waals surface area contributed by atoms with Gasteiger partial charge in [0, 0.05) is 12.3 Å². The SMILES string of the molecule is CC1NCCP1c1ccccc1. The fourth-order valence-corrected chi connectivity index (χ4v) is 4.04. The zero-order chi connectivity index (χ0) is 8.39. The van der Waals surface area contributed by atoms with Crippen molar-refractivity contribution in [2.24, 2.45) is 0 Å². The number of rotatable bonds is 1. The first kappa shape index (κ1) is 8.22. The Bertz CT molecular complexity index is 247. The predicted octanol–water partition coefficient (Wildman–Crippen LogP) is 1.74. The van der Waals surface area contributed by atoms with Crippen LogP contribution in [0.1, 0.15) is 6.92 Å². The lowest BCUT2D eigenvalue weighted by Crippen LogP contribution is -2.18. The van der Waals surface area contributed by atoms with Crippen LogP contribution < -0.4 is 10.6 Å². The Morgan fingerprint density at radius 2 is 2.08 bits per heavy atom. The summed E-state index contributed by atoms with van der Waals surface area (Å²) < 4.78 is 0. The molecule has 0 spiro atoms. The molecule has 0 amide bonds. The summed E-state index contributed by atoms with van der Waals surface area (Å²) in [7, 11) is 0.0874. The summed E-state index contributed by atoms with van der Waals surface area (Å²) in [5, 5.41) is 5.04. The Kier molecular flexibility index (Phi) is 2.43. The van der Waals surface area contributed by atoms with Crippen LogP contribution in [0.5, 0.6) is 0 Å². The van der Waals surface area contributed by atoms with Crippen molar-refractivity contribution in [1.82, 2.24) is 5.32 Å². The van der Waals surface area contributed by atoms with Crippen LogP contribution in [0.3, 0.4) is 0 Å². The summed E-state index contributed by atoms with van der Waals surface area (Å²) in [5.41, 5.74) is 0. The van der Waals surface area contributed by atoms with Gasteiger partial charge >= 0.3 is 0 Å². The van der Waals surface area contributed by atoms with E-state index in [1.807, 2.05) is 0 Å². The van der Waals surface area contributed by atoms with Gasteiger partial charge in [-0.05, 0) is 18.4 Å². The van der Waals surface area contributed by atoms with E-state index < -0.39 is 0 Å². The van der Waals surface area contributed by atoms with Gasteiger partial charge in [-0.15, -0.1) is 0 Å². The average Bonchev–Trinajstić information content (AvgIpc) is 2.53. The number of hydrogen-bond acceptors (Lipinski definition) is 1. The molecular formula is C10H14NP. The first-order valence-corrected chi connectivity index (χ1v) is 6.02. The summed E-state index contributed by atoms with van der Waals surface area (Å²) in [6.07, 6.45) is 1.35. The smallest absolute Gasteiger partial charge is 0.0282 e. The quantitative estimate of drug-likeness (QED) is 0.647. The molecule has 0 bridgehead atoms. The first-order valence-electron chi connectivity index (χ1n) is 4.43. The van der Waals surface area contributed by atoms with Crippen molar-refractivity contribution in [3.63, 3.8) is 0 Å². The molecule has 1 aromatic carbocycles. The molecule has 2 atom stereocenters. The highest BCUT2D eigenvalue weighted by molar-refractivity contribution is 7.66. The van der Waals surface area contributed by atoms with Gasteiger partial charge in [0.25, 0.3) is 0 Å². The molecule has 2 rings (SSSR count). The van der Waals surface area contributed by atoms with E-state index in [9.17, 15) is 0 Å². The van der Waals surface area contributed by atoms with Crippen molar-refractivity contribution in [3.8, 4) is 0 Å². The van der Waals surface area contributed by atoms with Crippen LogP contribution in [0, 0.1) is 0 Å². The van der Waals surface area contributed by atoms with Crippen molar-refractivity contribution >= 4 is 13.2 Å². The summed E-state index contributed by atoms with van der Waals surface area (Å²) in [4.78, 5) is 0. The van der Waals surface area contributed by atoms with Crippen LogP contribution >= 0.6 is 7.92 Å². The molecule has 1 heterocycles. The molecule has 1 N–H and O–H groups in total. The van der Waals surface area contributed by atoms with Gasteiger partial charge in [-0.1, -0.05) is 38.3 Å². The molecule has 1 nitrogen and oxygen atoms in total. The van der Waals surface area contributed by atoms with Crippen LogP contribution in [0.2, 0.25) is 0 Å². The Morgan fingerprint density at radius 1 is 1.33 bits per heavy atom. The molecule has 12 heavy (non-hydrogen) atoms. The largest absolute Gasteiger partial charge is 0.310 e. The molecule has 0 radical (unpaired) electrons. The summed E-state index contributed by atoms with van der Waals surface area (Å²) in [5.74, 6) is 0.711. The third kappa shape index (κ3) is 1.53. The maximum atomic E-state index is 3.50. The molecule has 1 fully saturated rings. The minimum atomic E-state index is 0.0874. The van der Waals surface area contributed by atoms with Crippen molar-refractivity contribution in [2.75, 3.05) is 12.7 Å². The van der Waals surface area contributed by atoms with Crippen molar-refractivity contribution in [2.45, 2.75) is 12.7 Å². The van der Waals surface area contributed by atoms with E-state index in [1.54, 1.807) is 5.30 Å². The van der Waals surface area contributed by atoms with E-state index in [4.69, 9.17) is 0 Å². The molecule has 0 saturated carbocycles. The van der Waals surface area contributed by atoms with Gasteiger partial charge in [-0.25, -0.2) is 0 Å². The third-order valence-corrected chi connectivity index (χ3v) is 5.13. The molecule has 1 aromatic rings. The van der Waals surface area contributed by atoms with E-state index >= 15 is 0 Å². The van der Waals surface area contributed by atoms with E-state index in [0.717, 1.165) is 0 Å². The average molecular weight is 179 g/mol. The Labute approximate surface area is 74.9 Å². The molecule has 2 unspecified atom stereocenters. The zero-order valence-corrected chi connectivity index (χ0v) is 8.22. The first-order chi connectivity index (χ1) is 5.88. The second kappa shape index (κ2) is 3.55. The van der Waals surface area contributed by atoms with Gasteiger partial charge in [0.1, 0.15) is 0 Å². The van der Waals surface area contributed by atoms with E-state index in [-0.39, 0.29) is 7.92 Å². The lowest BCUT2D eigenvalue weighted by Gasteiger charge is -2.15. The minimum Gasteiger partial charge on any atom is -0.310 e. The van der Waals surface area contributed by atoms with Crippen LogP contribution in [0.25, 0.3) is 0 Å². The van der Waals surface area contributed by atoms with E-state index in [0.29, 0.717) is 5.78 Å². The lowest BCUT2D eigenvalue weighted by atomic mass is 10.4. The molecule has 1 saturated heterocycles. The monoisotopic (exact) mass is 179 g/mol. The van der Waals surface area contributed by atoms with Gasteiger partial charge in [0.2, 0.25) is 0 Å². The zero-order valence-electron chi connectivity index (χ0n) is 7.33. The van der Waals surface area contributed by atoms with Crippen LogP contribution in [-0.4, -0.2) is 18.5 Å². The summed E-state index contributed by atoms with van der Waals surface area (Å²) in [6, 6.07) is 10.9. The highest BCUT2D eigenvalue weighted by atomic mass is 31.1. The predicted molar refractivity (Wildman–Crippen MR) is 55.3 cm³/mol. The molecular weight excluding hydrogens is 165 g/mol. The standard InChI is InChI=1S/C10H14NP/c1-9-11-7-8-12(9)10-5-3-2-4-6-10/h2-6,9,11H,7-8H2,1H3. The highest BCUT2D eigenvalue weighted by Crippen LogP contribution is 2.41. The maximum Gasteiger partial charge on any atom is 0.0282 e. The molecule has 1 aliphatic rings. The third-order valence-electron chi connectivity index (χ3n) is 2.35. The van der Waals surface area contributed by atoms with Crippen molar-refractivity contribution in [1.29, 1.82) is 0 Å². The van der Waals surface area contributed by atoms with E-state index in [2.05, 4.69) is 42.6 Å². The lowest BCUT2D eigenvalue weighted by molar-refractivity contribution is 0.758. The molecule has 0 aliphatic carbocycles.